The lowest BCUT2D eigenvalue weighted by Gasteiger charge is -2.44. The van der Waals surface area contributed by atoms with Gasteiger partial charge in [-0.3, -0.25) is 4.90 Å². The zero-order valence-electron chi connectivity index (χ0n) is 13.5. The second-order valence-corrected chi connectivity index (χ2v) is 7.11. The van der Waals surface area contributed by atoms with Crippen molar-refractivity contribution < 1.29 is 5.11 Å². The van der Waals surface area contributed by atoms with Gasteiger partial charge in [-0.2, -0.15) is 0 Å². The second kappa shape index (κ2) is 6.50. The van der Waals surface area contributed by atoms with Crippen LogP contribution in [0.25, 0.3) is 0 Å². The molecule has 3 rings (SSSR count). The van der Waals surface area contributed by atoms with Crippen molar-refractivity contribution in [3.05, 3.63) is 34.9 Å². The van der Waals surface area contributed by atoms with Crippen LogP contribution in [-0.4, -0.2) is 29.1 Å². The molecule has 1 saturated heterocycles. The standard InChI is InChI=1S/C19H29NO/c1-14-9-10-17(12-15(14)2)19(21)13-20-11-5-7-16-6-3-4-8-18(16)20/h9-10,12,16,18-19,21H,3-8,11,13H2,1-2H3. The van der Waals surface area contributed by atoms with E-state index in [-0.39, 0.29) is 6.10 Å². The van der Waals surface area contributed by atoms with Crippen LogP contribution in [0.15, 0.2) is 18.2 Å². The van der Waals surface area contributed by atoms with Crippen molar-refractivity contribution in [2.24, 2.45) is 5.92 Å². The zero-order valence-corrected chi connectivity index (χ0v) is 13.5. The molecule has 1 N–H and O–H groups in total. The maximum absolute atomic E-state index is 10.6. The number of aliphatic hydroxyl groups excluding tert-OH is 1. The molecule has 0 bridgehead atoms. The number of hydrogen-bond donors (Lipinski definition) is 1. The van der Waals surface area contributed by atoms with Crippen LogP contribution in [0.3, 0.4) is 0 Å². The summed E-state index contributed by atoms with van der Waals surface area (Å²) in [5, 5.41) is 10.6. The van der Waals surface area contributed by atoms with Crippen LogP contribution in [0, 0.1) is 19.8 Å². The van der Waals surface area contributed by atoms with Crippen molar-refractivity contribution in [1.82, 2.24) is 4.90 Å². The molecule has 2 heteroatoms. The molecule has 2 nitrogen and oxygen atoms in total. The van der Waals surface area contributed by atoms with Crippen LogP contribution in [-0.2, 0) is 0 Å². The lowest BCUT2D eigenvalue weighted by Crippen LogP contribution is -2.48. The average molecular weight is 287 g/mol. The quantitative estimate of drug-likeness (QED) is 0.908. The minimum absolute atomic E-state index is 0.343. The molecule has 1 heterocycles. The third-order valence-corrected chi connectivity index (χ3v) is 5.68. The van der Waals surface area contributed by atoms with Crippen molar-refractivity contribution in [2.75, 3.05) is 13.1 Å². The van der Waals surface area contributed by atoms with Gasteiger partial charge in [0.2, 0.25) is 0 Å². The lowest BCUT2D eigenvalue weighted by atomic mass is 9.78. The van der Waals surface area contributed by atoms with Gasteiger partial charge in [-0.05, 0) is 68.7 Å². The van der Waals surface area contributed by atoms with Gasteiger partial charge in [0.05, 0.1) is 6.10 Å². The number of rotatable bonds is 3. The molecule has 1 aromatic carbocycles. The van der Waals surface area contributed by atoms with Crippen molar-refractivity contribution in [1.29, 1.82) is 0 Å². The smallest absolute Gasteiger partial charge is 0.0917 e. The number of likely N-dealkylation sites (tertiary alicyclic amines) is 1. The van der Waals surface area contributed by atoms with Crippen LogP contribution in [0.1, 0.15) is 61.3 Å². The normalized spacial score (nSPS) is 28.1. The molecule has 1 aliphatic heterocycles. The van der Waals surface area contributed by atoms with E-state index in [1.165, 1.54) is 56.2 Å². The van der Waals surface area contributed by atoms with Crippen molar-refractivity contribution >= 4 is 0 Å². The van der Waals surface area contributed by atoms with Crippen molar-refractivity contribution in [3.8, 4) is 0 Å². The lowest BCUT2D eigenvalue weighted by molar-refractivity contribution is 0.0205. The van der Waals surface area contributed by atoms with E-state index in [0.29, 0.717) is 0 Å². The fourth-order valence-electron chi connectivity index (χ4n) is 4.25. The predicted octanol–water partition coefficient (Wildman–Crippen LogP) is 3.99. The number of piperidine rings is 1. The fraction of sp³-hybridized carbons (Fsp3) is 0.684. The van der Waals surface area contributed by atoms with Crippen LogP contribution >= 0.6 is 0 Å². The van der Waals surface area contributed by atoms with Gasteiger partial charge < -0.3 is 5.11 Å². The molecule has 0 aromatic heterocycles. The fourth-order valence-corrected chi connectivity index (χ4v) is 4.25. The number of aryl methyl sites for hydroxylation is 2. The average Bonchev–Trinajstić information content (AvgIpc) is 2.50. The number of β-amino-alcohol motifs (C(OH)–C–C–N with tert-alkyl or cyclic N) is 1. The van der Waals surface area contributed by atoms with E-state index in [2.05, 4.69) is 36.9 Å². The Morgan fingerprint density at radius 3 is 2.67 bits per heavy atom. The highest BCUT2D eigenvalue weighted by Gasteiger charge is 2.33. The van der Waals surface area contributed by atoms with Gasteiger partial charge in [0.25, 0.3) is 0 Å². The number of aliphatic hydroxyl groups is 1. The monoisotopic (exact) mass is 287 g/mol. The first-order chi connectivity index (χ1) is 10.1. The molecular weight excluding hydrogens is 258 g/mol. The Morgan fingerprint density at radius 1 is 1.10 bits per heavy atom. The molecule has 3 atom stereocenters. The summed E-state index contributed by atoms with van der Waals surface area (Å²) in [7, 11) is 0. The number of hydrogen-bond acceptors (Lipinski definition) is 2. The highest BCUT2D eigenvalue weighted by molar-refractivity contribution is 5.31. The molecule has 2 fully saturated rings. The first-order valence-electron chi connectivity index (χ1n) is 8.64. The Kier molecular flexibility index (Phi) is 4.66. The highest BCUT2D eigenvalue weighted by atomic mass is 16.3. The first kappa shape index (κ1) is 15.1. The predicted molar refractivity (Wildman–Crippen MR) is 87.4 cm³/mol. The van der Waals surface area contributed by atoms with E-state index >= 15 is 0 Å². The minimum Gasteiger partial charge on any atom is -0.387 e. The molecule has 0 spiro atoms. The summed E-state index contributed by atoms with van der Waals surface area (Å²) >= 11 is 0. The third-order valence-electron chi connectivity index (χ3n) is 5.68. The summed E-state index contributed by atoms with van der Waals surface area (Å²) in [6.45, 7) is 6.24. The largest absolute Gasteiger partial charge is 0.387 e. The van der Waals surface area contributed by atoms with Gasteiger partial charge in [-0.15, -0.1) is 0 Å². The first-order valence-corrected chi connectivity index (χ1v) is 8.64. The molecule has 1 aliphatic carbocycles. The van der Waals surface area contributed by atoms with E-state index in [1.54, 1.807) is 0 Å². The zero-order chi connectivity index (χ0) is 14.8. The van der Waals surface area contributed by atoms with Gasteiger partial charge in [-0.1, -0.05) is 31.0 Å². The summed E-state index contributed by atoms with van der Waals surface area (Å²) in [6.07, 6.45) is 7.89. The molecule has 0 amide bonds. The van der Waals surface area contributed by atoms with Gasteiger partial charge in [0, 0.05) is 12.6 Å². The van der Waals surface area contributed by atoms with E-state index in [0.717, 1.165) is 24.1 Å². The summed E-state index contributed by atoms with van der Waals surface area (Å²) < 4.78 is 0. The van der Waals surface area contributed by atoms with E-state index < -0.39 is 0 Å². The Labute approximate surface area is 129 Å². The Hall–Kier alpha value is -0.860. The maximum atomic E-state index is 10.6. The minimum atomic E-state index is -0.343. The van der Waals surface area contributed by atoms with Crippen LogP contribution in [0.5, 0.6) is 0 Å². The molecule has 3 unspecified atom stereocenters. The van der Waals surface area contributed by atoms with Gasteiger partial charge in [0.1, 0.15) is 0 Å². The molecule has 1 saturated carbocycles. The summed E-state index contributed by atoms with van der Waals surface area (Å²) in [4.78, 5) is 2.58. The molecular formula is C19H29NO. The Morgan fingerprint density at radius 2 is 1.86 bits per heavy atom. The van der Waals surface area contributed by atoms with Crippen molar-refractivity contribution in [3.63, 3.8) is 0 Å². The van der Waals surface area contributed by atoms with Crippen LogP contribution in [0.4, 0.5) is 0 Å². The Balaban J connectivity index is 1.68. The highest BCUT2D eigenvalue weighted by Crippen LogP contribution is 2.36. The molecule has 1 aromatic rings. The topological polar surface area (TPSA) is 23.5 Å². The second-order valence-electron chi connectivity index (χ2n) is 7.11. The van der Waals surface area contributed by atoms with Crippen LogP contribution < -0.4 is 0 Å². The SMILES string of the molecule is Cc1ccc(C(O)CN2CCCC3CCCCC32)cc1C. The summed E-state index contributed by atoms with van der Waals surface area (Å²) in [5.41, 5.74) is 3.66. The van der Waals surface area contributed by atoms with Gasteiger partial charge in [-0.25, -0.2) is 0 Å². The van der Waals surface area contributed by atoms with Gasteiger partial charge in [0.15, 0.2) is 0 Å². The van der Waals surface area contributed by atoms with E-state index in [1.807, 2.05) is 0 Å². The molecule has 21 heavy (non-hydrogen) atoms. The maximum Gasteiger partial charge on any atom is 0.0917 e. The van der Waals surface area contributed by atoms with Crippen LogP contribution in [0.2, 0.25) is 0 Å². The number of benzene rings is 1. The molecule has 2 aliphatic rings. The van der Waals surface area contributed by atoms with E-state index in [4.69, 9.17) is 0 Å². The van der Waals surface area contributed by atoms with E-state index in [9.17, 15) is 5.11 Å². The molecule has 116 valence electrons. The van der Waals surface area contributed by atoms with Crippen molar-refractivity contribution in [2.45, 2.75) is 64.5 Å². The summed E-state index contributed by atoms with van der Waals surface area (Å²) in [6, 6.07) is 7.11. The number of nitrogens with zero attached hydrogens (tertiary/aromatic N) is 1. The van der Waals surface area contributed by atoms with Gasteiger partial charge >= 0.3 is 0 Å². The Bertz CT molecular complexity index is 482. The number of fused-ring (bicyclic) bond motifs is 1. The third kappa shape index (κ3) is 3.32. The molecule has 0 radical (unpaired) electrons. The summed E-state index contributed by atoms with van der Waals surface area (Å²) in [5.74, 6) is 0.888.